The van der Waals surface area contributed by atoms with E-state index in [1.165, 1.54) is 0 Å². The van der Waals surface area contributed by atoms with Gasteiger partial charge in [-0.05, 0) is 31.6 Å². The molecule has 0 spiro atoms. The summed E-state index contributed by atoms with van der Waals surface area (Å²) in [6, 6.07) is 1.66. The molecule has 142 valence electrons. The van der Waals surface area contributed by atoms with Gasteiger partial charge >= 0.3 is 12.0 Å². The summed E-state index contributed by atoms with van der Waals surface area (Å²) < 4.78 is 7.20. The standard InChI is InChI=1S/C18H26N4O4/c1-21-15(8-14(20-21)12-4-3-7-26-10-12)19-17(25)22-9-13-5-2-6-18(13,11-22)16(23)24/h8,12-13H,2-7,9-11H2,1H3,(H,19,25)(H,23,24)/t12?,13-,18+/m0/s1. The van der Waals surface area contributed by atoms with Gasteiger partial charge in [0.05, 0.1) is 17.7 Å². The molecule has 0 radical (unpaired) electrons. The SMILES string of the molecule is Cn1nc(C2CCCOC2)cc1NC(=O)N1C[C@@H]2CCC[C@@]2(C(=O)O)C1. The van der Waals surface area contributed by atoms with Gasteiger partial charge in [0.15, 0.2) is 0 Å². The minimum atomic E-state index is -0.768. The van der Waals surface area contributed by atoms with Crippen molar-refractivity contribution in [1.29, 1.82) is 0 Å². The fraction of sp³-hybridized carbons (Fsp3) is 0.722. The van der Waals surface area contributed by atoms with E-state index in [1.807, 2.05) is 6.07 Å². The second-order valence-corrected chi connectivity index (χ2v) is 7.85. The van der Waals surface area contributed by atoms with Crippen molar-refractivity contribution in [1.82, 2.24) is 14.7 Å². The van der Waals surface area contributed by atoms with E-state index in [0.29, 0.717) is 31.9 Å². The van der Waals surface area contributed by atoms with Gasteiger partial charge in [-0.1, -0.05) is 6.42 Å². The number of aromatic nitrogens is 2. The van der Waals surface area contributed by atoms with Gasteiger partial charge in [0.1, 0.15) is 5.82 Å². The predicted molar refractivity (Wildman–Crippen MR) is 94.0 cm³/mol. The zero-order valence-electron chi connectivity index (χ0n) is 15.1. The fourth-order valence-electron chi connectivity index (χ4n) is 4.76. The number of carboxylic acids is 1. The average Bonchev–Trinajstić information content (AvgIpc) is 3.29. The Bertz CT molecular complexity index is 712. The highest BCUT2D eigenvalue weighted by Crippen LogP contribution is 2.48. The van der Waals surface area contributed by atoms with Gasteiger partial charge in [-0.2, -0.15) is 5.10 Å². The van der Waals surface area contributed by atoms with Crippen LogP contribution in [0, 0.1) is 11.3 Å². The minimum Gasteiger partial charge on any atom is -0.481 e. The van der Waals surface area contributed by atoms with Gasteiger partial charge < -0.3 is 14.7 Å². The van der Waals surface area contributed by atoms with E-state index in [1.54, 1.807) is 16.6 Å². The molecule has 8 nitrogen and oxygen atoms in total. The summed E-state index contributed by atoms with van der Waals surface area (Å²) in [5, 5.41) is 17.1. The number of amides is 2. The van der Waals surface area contributed by atoms with E-state index in [4.69, 9.17) is 4.74 Å². The first-order valence-electron chi connectivity index (χ1n) is 9.40. The Balaban J connectivity index is 1.44. The van der Waals surface area contributed by atoms with Crippen molar-refractivity contribution in [2.75, 3.05) is 31.6 Å². The molecule has 3 heterocycles. The second-order valence-electron chi connectivity index (χ2n) is 7.85. The summed E-state index contributed by atoms with van der Waals surface area (Å²) in [4.78, 5) is 26.1. The van der Waals surface area contributed by atoms with E-state index in [2.05, 4.69) is 10.4 Å². The Hall–Kier alpha value is -2.09. The largest absolute Gasteiger partial charge is 0.481 e. The van der Waals surface area contributed by atoms with Crippen LogP contribution < -0.4 is 5.32 Å². The molecule has 1 aliphatic carbocycles. The number of nitrogens with zero attached hydrogens (tertiary/aromatic N) is 3. The van der Waals surface area contributed by atoms with Crippen LogP contribution in [0.1, 0.15) is 43.7 Å². The van der Waals surface area contributed by atoms with Gasteiger partial charge in [-0.3, -0.25) is 14.8 Å². The maximum atomic E-state index is 12.7. The van der Waals surface area contributed by atoms with Crippen molar-refractivity contribution in [3.8, 4) is 0 Å². The summed E-state index contributed by atoms with van der Waals surface area (Å²) in [6.45, 7) is 2.27. The predicted octanol–water partition coefficient (Wildman–Crippen LogP) is 2.03. The maximum Gasteiger partial charge on any atom is 0.323 e. The molecule has 8 heteroatoms. The van der Waals surface area contributed by atoms with Crippen LogP contribution in [0.4, 0.5) is 10.6 Å². The number of hydrogen-bond donors (Lipinski definition) is 2. The van der Waals surface area contributed by atoms with Gasteiger partial charge in [0.25, 0.3) is 0 Å². The average molecular weight is 362 g/mol. The van der Waals surface area contributed by atoms with Crippen LogP contribution >= 0.6 is 0 Å². The highest BCUT2D eigenvalue weighted by molar-refractivity contribution is 5.90. The summed E-state index contributed by atoms with van der Waals surface area (Å²) in [7, 11) is 1.81. The molecule has 1 saturated carbocycles. The lowest BCUT2D eigenvalue weighted by atomic mass is 9.81. The molecule has 2 saturated heterocycles. The molecule has 3 fully saturated rings. The lowest BCUT2D eigenvalue weighted by Gasteiger charge is -2.23. The van der Waals surface area contributed by atoms with Crippen LogP contribution in [0.5, 0.6) is 0 Å². The Kier molecular flexibility index (Phi) is 4.38. The van der Waals surface area contributed by atoms with E-state index in [9.17, 15) is 14.7 Å². The van der Waals surface area contributed by atoms with Crippen LogP contribution in [-0.2, 0) is 16.6 Å². The van der Waals surface area contributed by atoms with Crippen molar-refractivity contribution >= 4 is 17.8 Å². The molecule has 4 rings (SSSR count). The van der Waals surface area contributed by atoms with E-state index in [0.717, 1.165) is 38.0 Å². The summed E-state index contributed by atoms with van der Waals surface area (Å²) in [6.07, 6.45) is 4.54. The number of aryl methyl sites for hydroxylation is 1. The maximum absolute atomic E-state index is 12.7. The smallest absolute Gasteiger partial charge is 0.323 e. The van der Waals surface area contributed by atoms with Crippen molar-refractivity contribution < 1.29 is 19.4 Å². The van der Waals surface area contributed by atoms with Crippen molar-refractivity contribution in [2.45, 2.75) is 38.0 Å². The normalized spacial score (nSPS) is 31.0. The summed E-state index contributed by atoms with van der Waals surface area (Å²) in [5.41, 5.74) is 0.178. The Labute approximate surface area is 152 Å². The fourth-order valence-corrected chi connectivity index (χ4v) is 4.76. The molecule has 1 aromatic rings. The third-order valence-electron chi connectivity index (χ3n) is 6.30. The van der Waals surface area contributed by atoms with Crippen LogP contribution in [0.3, 0.4) is 0 Å². The molecule has 2 aliphatic heterocycles. The molecular weight excluding hydrogens is 336 g/mol. The number of hydrogen-bond acceptors (Lipinski definition) is 4. The number of urea groups is 1. The number of carbonyl (C=O) groups excluding carboxylic acids is 1. The van der Waals surface area contributed by atoms with Crippen LogP contribution in [0.15, 0.2) is 6.07 Å². The van der Waals surface area contributed by atoms with Crippen LogP contribution in [0.25, 0.3) is 0 Å². The Morgan fingerprint density at radius 2 is 2.23 bits per heavy atom. The molecule has 3 atom stereocenters. The van der Waals surface area contributed by atoms with Crippen molar-refractivity contribution in [3.05, 3.63) is 11.8 Å². The quantitative estimate of drug-likeness (QED) is 0.858. The zero-order valence-corrected chi connectivity index (χ0v) is 15.1. The number of nitrogens with one attached hydrogen (secondary N) is 1. The first-order valence-corrected chi connectivity index (χ1v) is 9.40. The highest BCUT2D eigenvalue weighted by Gasteiger charge is 2.55. The van der Waals surface area contributed by atoms with E-state index in [-0.39, 0.29) is 17.9 Å². The molecule has 3 aliphatic rings. The molecular formula is C18H26N4O4. The van der Waals surface area contributed by atoms with E-state index >= 15 is 0 Å². The monoisotopic (exact) mass is 362 g/mol. The zero-order chi connectivity index (χ0) is 18.3. The number of fused-ring (bicyclic) bond motifs is 1. The third-order valence-corrected chi connectivity index (χ3v) is 6.30. The first kappa shape index (κ1) is 17.3. The van der Waals surface area contributed by atoms with Gasteiger partial charge in [-0.15, -0.1) is 0 Å². The molecule has 0 aromatic carbocycles. The molecule has 1 unspecified atom stereocenters. The number of ether oxygens (including phenoxy) is 1. The Morgan fingerprint density at radius 1 is 1.38 bits per heavy atom. The van der Waals surface area contributed by atoms with E-state index < -0.39 is 11.4 Å². The number of aliphatic carboxylic acids is 1. The molecule has 26 heavy (non-hydrogen) atoms. The number of rotatable bonds is 3. The Morgan fingerprint density at radius 3 is 2.92 bits per heavy atom. The highest BCUT2D eigenvalue weighted by atomic mass is 16.5. The number of carboxylic acid groups (broad SMARTS) is 1. The lowest BCUT2D eigenvalue weighted by Crippen LogP contribution is -2.39. The number of likely N-dealkylation sites (tertiary alicyclic amines) is 1. The number of anilines is 1. The topological polar surface area (TPSA) is 96.7 Å². The summed E-state index contributed by atoms with van der Waals surface area (Å²) in [5.74, 6) is 0.196. The second kappa shape index (κ2) is 6.57. The van der Waals surface area contributed by atoms with Crippen LogP contribution in [-0.4, -0.2) is 58.1 Å². The molecule has 2 N–H and O–H groups in total. The molecule has 0 bridgehead atoms. The minimum absolute atomic E-state index is 0.0623. The third kappa shape index (κ3) is 2.86. The van der Waals surface area contributed by atoms with Gasteiger partial charge in [-0.25, -0.2) is 4.79 Å². The molecule has 1 aromatic heterocycles. The van der Waals surface area contributed by atoms with Crippen molar-refractivity contribution in [2.24, 2.45) is 18.4 Å². The van der Waals surface area contributed by atoms with Gasteiger partial charge in [0, 0.05) is 38.7 Å². The van der Waals surface area contributed by atoms with Gasteiger partial charge in [0.2, 0.25) is 0 Å². The van der Waals surface area contributed by atoms with Crippen molar-refractivity contribution in [3.63, 3.8) is 0 Å². The lowest BCUT2D eigenvalue weighted by molar-refractivity contribution is -0.149. The van der Waals surface area contributed by atoms with Crippen LogP contribution in [0.2, 0.25) is 0 Å². The summed E-state index contributed by atoms with van der Waals surface area (Å²) >= 11 is 0. The number of carbonyl (C=O) groups is 2. The first-order chi connectivity index (χ1) is 12.5. The molecule has 2 amide bonds.